The lowest BCUT2D eigenvalue weighted by Crippen LogP contribution is -2.49. The number of thiocarbonyl (C=S) groups is 1. The molecule has 0 aliphatic carbocycles. The van der Waals surface area contributed by atoms with Crippen molar-refractivity contribution in [3.05, 3.63) is 57.5 Å². The maximum Gasteiger partial charge on any atom is 0.276 e. The molecule has 0 saturated heterocycles. The second kappa shape index (κ2) is 12.3. The van der Waals surface area contributed by atoms with E-state index in [9.17, 15) is 9.59 Å². The zero-order chi connectivity index (χ0) is 21.9. The minimum Gasteiger partial charge on any atom is -0.491 e. The van der Waals surface area contributed by atoms with Gasteiger partial charge in [-0.15, -0.1) is 0 Å². The number of hydrogen-bond acceptors (Lipinski definition) is 6. The number of halogens is 2. The molecule has 0 fully saturated rings. The van der Waals surface area contributed by atoms with E-state index in [1.807, 2.05) is 0 Å². The second-order valence-electron chi connectivity index (χ2n) is 5.69. The van der Waals surface area contributed by atoms with Gasteiger partial charge in [-0.3, -0.25) is 25.8 Å². The molecule has 0 saturated carbocycles. The Morgan fingerprint density at radius 1 is 1.07 bits per heavy atom. The first-order valence-electron chi connectivity index (χ1n) is 8.59. The zero-order valence-corrected chi connectivity index (χ0v) is 19.0. The molecule has 3 N–H and O–H groups in total. The van der Waals surface area contributed by atoms with E-state index in [1.54, 1.807) is 49.6 Å². The normalized spacial score (nSPS) is 10.1. The third-order valence-corrected chi connectivity index (χ3v) is 4.46. The largest absolute Gasteiger partial charge is 0.491 e. The number of carbonyl (C=O) groups is 2. The summed E-state index contributed by atoms with van der Waals surface area (Å²) in [5.41, 5.74) is 5.13. The quantitative estimate of drug-likeness (QED) is 0.282. The van der Waals surface area contributed by atoms with E-state index in [0.717, 1.165) is 4.47 Å². The SMILES string of the molecule is COCCOc1ccc(C(=O)NC(=S)NNC(=O)COc2ccc(Br)cc2Cl)cc1. The van der Waals surface area contributed by atoms with Crippen LogP contribution in [-0.4, -0.2) is 43.9 Å². The van der Waals surface area contributed by atoms with Crippen LogP contribution in [0.15, 0.2) is 46.9 Å². The average molecular weight is 517 g/mol. The van der Waals surface area contributed by atoms with Gasteiger partial charge in [0.1, 0.15) is 18.1 Å². The van der Waals surface area contributed by atoms with Crippen LogP contribution in [0.5, 0.6) is 11.5 Å². The van der Waals surface area contributed by atoms with Crippen molar-refractivity contribution in [1.82, 2.24) is 16.2 Å². The number of methoxy groups -OCH3 is 1. The first-order chi connectivity index (χ1) is 14.4. The van der Waals surface area contributed by atoms with E-state index >= 15 is 0 Å². The fourth-order valence-electron chi connectivity index (χ4n) is 2.05. The summed E-state index contributed by atoms with van der Waals surface area (Å²) in [7, 11) is 1.58. The number of hydrazine groups is 1. The van der Waals surface area contributed by atoms with Crippen molar-refractivity contribution in [2.24, 2.45) is 0 Å². The van der Waals surface area contributed by atoms with Crippen molar-refractivity contribution in [2.75, 3.05) is 26.9 Å². The molecule has 160 valence electrons. The number of carbonyl (C=O) groups excluding carboxylic acids is 2. The molecular weight excluding hydrogens is 498 g/mol. The van der Waals surface area contributed by atoms with Crippen LogP contribution in [0.2, 0.25) is 5.02 Å². The Morgan fingerprint density at radius 3 is 2.47 bits per heavy atom. The van der Waals surface area contributed by atoms with Gasteiger partial charge in [0.05, 0.1) is 11.6 Å². The summed E-state index contributed by atoms with van der Waals surface area (Å²) in [5.74, 6) is 0.0224. The van der Waals surface area contributed by atoms with Crippen molar-refractivity contribution in [3.8, 4) is 11.5 Å². The predicted molar refractivity (Wildman–Crippen MR) is 120 cm³/mol. The molecule has 2 aromatic rings. The number of amides is 2. The fraction of sp³-hybridized carbons (Fsp3) is 0.211. The molecular formula is C19H19BrClN3O5S. The molecule has 0 aliphatic rings. The van der Waals surface area contributed by atoms with Crippen molar-refractivity contribution >= 4 is 56.7 Å². The van der Waals surface area contributed by atoms with Gasteiger partial charge in [0.25, 0.3) is 11.8 Å². The molecule has 2 aromatic carbocycles. The monoisotopic (exact) mass is 515 g/mol. The summed E-state index contributed by atoms with van der Waals surface area (Å²) in [6, 6.07) is 11.5. The first kappa shape index (κ1) is 23.9. The van der Waals surface area contributed by atoms with Crippen LogP contribution in [-0.2, 0) is 9.53 Å². The molecule has 2 rings (SSSR count). The van der Waals surface area contributed by atoms with Crippen LogP contribution in [0.25, 0.3) is 0 Å². The lowest BCUT2D eigenvalue weighted by atomic mass is 10.2. The summed E-state index contributed by atoms with van der Waals surface area (Å²) < 4.78 is 16.5. The molecule has 0 heterocycles. The summed E-state index contributed by atoms with van der Waals surface area (Å²) in [4.78, 5) is 24.0. The molecule has 2 amide bonds. The number of nitrogens with one attached hydrogen (secondary N) is 3. The standard InChI is InChI=1S/C19H19BrClN3O5S/c1-27-8-9-28-14-5-2-12(3-6-14)18(26)22-19(30)24-23-17(25)11-29-16-7-4-13(20)10-15(16)21/h2-7,10H,8-9,11H2,1H3,(H,23,25)(H2,22,24,26,30). The van der Waals surface area contributed by atoms with E-state index in [0.29, 0.717) is 35.3 Å². The summed E-state index contributed by atoms with van der Waals surface area (Å²) in [6.45, 7) is 0.581. The van der Waals surface area contributed by atoms with Crippen LogP contribution in [0.1, 0.15) is 10.4 Å². The Balaban J connectivity index is 1.72. The van der Waals surface area contributed by atoms with E-state index < -0.39 is 11.8 Å². The Bertz CT molecular complexity index is 898. The van der Waals surface area contributed by atoms with Gasteiger partial charge >= 0.3 is 0 Å². The van der Waals surface area contributed by atoms with Gasteiger partial charge < -0.3 is 14.2 Å². The first-order valence-corrected chi connectivity index (χ1v) is 10.2. The molecule has 0 atom stereocenters. The van der Waals surface area contributed by atoms with Crippen LogP contribution in [0.4, 0.5) is 0 Å². The van der Waals surface area contributed by atoms with Crippen molar-refractivity contribution < 1.29 is 23.8 Å². The molecule has 30 heavy (non-hydrogen) atoms. The van der Waals surface area contributed by atoms with Gasteiger partial charge in [-0.2, -0.15) is 0 Å². The predicted octanol–water partition coefficient (Wildman–Crippen LogP) is 2.84. The molecule has 0 bridgehead atoms. The van der Waals surface area contributed by atoms with E-state index in [1.165, 1.54) is 0 Å². The number of hydrogen-bond donors (Lipinski definition) is 3. The second-order valence-corrected chi connectivity index (χ2v) is 7.42. The molecule has 0 unspecified atom stereocenters. The molecule has 0 spiro atoms. The lowest BCUT2D eigenvalue weighted by molar-refractivity contribution is -0.123. The Morgan fingerprint density at radius 2 is 1.80 bits per heavy atom. The van der Waals surface area contributed by atoms with E-state index in [-0.39, 0.29) is 11.7 Å². The van der Waals surface area contributed by atoms with Gasteiger partial charge in [-0.05, 0) is 54.7 Å². The van der Waals surface area contributed by atoms with Crippen molar-refractivity contribution in [3.63, 3.8) is 0 Å². The Hall–Kier alpha value is -2.40. The van der Waals surface area contributed by atoms with Gasteiger partial charge in [0.2, 0.25) is 0 Å². The van der Waals surface area contributed by atoms with Crippen LogP contribution < -0.4 is 25.6 Å². The molecule has 0 radical (unpaired) electrons. The smallest absolute Gasteiger partial charge is 0.276 e. The molecule has 8 nitrogen and oxygen atoms in total. The van der Waals surface area contributed by atoms with E-state index in [2.05, 4.69) is 32.1 Å². The average Bonchev–Trinajstić information content (AvgIpc) is 2.72. The maximum absolute atomic E-state index is 12.2. The number of benzene rings is 2. The summed E-state index contributed by atoms with van der Waals surface area (Å²) in [6.07, 6.45) is 0. The fourth-order valence-corrected chi connectivity index (χ4v) is 2.92. The third-order valence-electron chi connectivity index (χ3n) is 3.47. The highest BCUT2D eigenvalue weighted by molar-refractivity contribution is 9.10. The van der Waals surface area contributed by atoms with Gasteiger partial charge in [-0.25, -0.2) is 0 Å². The lowest BCUT2D eigenvalue weighted by Gasteiger charge is -2.12. The number of rotatable bonds is 8. The van der Waals surface area contributed by atoms with Gasteiger partial charge in [-0.1, -0.05) is 27.5 Å². The summed E-state index contributed by atoms with van der Waals surface area (Å²) >= 11 is 14.3. The molecule has 0 aromatic heterocycles. The van der Waals surface area contributed by atoms with Crippen LogP contribution >= 0.6 is 39.7 Å². The molecule has 0 aliphatic heterocycles. The number of ether oxygens (including phenoxy) is 3. The highest BCUT2D eigenvalue weighted by atomic mass is 79.9. The highest BCUT2D eigenvalue weighted by Crippen LogP contribution is 2.27. The topological polar surface area (TPSA) is 97.9 Å². The third kappa shape index (κ3) is 8.15. The van der Waals surface area contributed by atoms with Crippen LogP contribution in [0.3, 0.4) is 0 Å². The molecule has 11 heteroatoms. The zero-order valence-electron chi connectivity index (χ0n) is 15.9. The highest BCUT2D eigenvalue weighted by Gasteiger charge is 2.10. The van der Waals surface area contributed by atoms with Gasteiger partial charge in [0.15, 0.2) is 11.7 Å². The maximum atomic E-state index is 12.2. The minimum absolute atomic E-state index is 0.0737. The van der Waals surface area contributed by atoms with Gasteiger partial charge in [0, 0.05) is 17.1 Å². The van der Waals surface area contributed by atoms with Crippen molar-refractivity contribution in [2.45, 2.75) is 0 Å². The van der Waals surface area contributed by atoms with Crippen molar-refractivity contribution in [1.29, 1.82) is 0 Å². The van der Waals surface area contributed by atoms with E-state index in [4.69, 9.17) is 38.0 Å². The van der Waals surface area contributed by atoms with Crippen LogP contribution in [0, 0.1) is 0 Å². The Labute approximate surface area is 192 Å². The Kier molecular flexibility index (Phi) is 9.81. The minimum atomic E-state index is -0.511. The summed E-state index contributed by atoms with van der Waals surface area (Å²) in [5, 5.41) is 2.74.